The van der Waals surface area contributed by atoms with Crippen molar-refractivity contribution in [3.63, 3.8) is 0 Å². The Morgan fingerprint density at radius 3 is 1.93 bits per heavy atom. The van der Waals surface area contributed by atoms with Gasteiger partial charge < -0.3 is 0 Å². The van der Waals surface area contributed by atoms with E-state index in [0.29, 0.717) is 0 Å². The van der Waals surface area contributed by atoms with E-state index in [2.05, 4.69) is 43.1 Å². The molecule has 3 heteroatoms. The molecule has 0 radical (unpaired) electrons. The van der Waals surface area contributed by atoms with Gasteiger partial charge in [-0.2, -0.15) is 0 Å². The third kappa shape index (κ3) is 9.82. The molecule has 0 saturated carbocycles. The van der Waals surface area contributed by atoms with Gasteiger partial charge in [-0.05, 0) is 0 Å². The van der Waals surface area contributed by atoms with Crippen molar-refractivity contribution in [3.8, 4) is 0 Å². The number of ether oxygens (including phenoxy) is 1. The van der Waals surface area contributed by atoms with Gasteiger partial charge in [-0.1, -0.05) is 0 Å². The van der Waals surface area contributed by atoms with E-state index < -0.39 is 18.4 Å². The average molecular weight is 479 g/mol. The van der Waals surface area contributed by atoms with Crippen LogP contribution in [0.15, 0.2) is 40.5 Å². The van der Waals surface area contributed by atoms with E-state index in [9.17, 15) is 4.79 Å². The Labute approximate surface area is 171 Å². The van der Waals surface area contributed by atoms with E-state index >= 15 is 0 Å². The van der Waals surface area contributed by atoms with E-state index in [-0.39, 0.29) is 12.1 Å². The fourth-order valence-corrected chi connectivity index (χ4v) is 18.2. The van der Waals surface area contributed by atoms with Crippen LogP contribution in [0.4, 0.5) is 0 Å². The zero-order valence-corrected chi connectivity index (χ0v) is 20.9. The van der Waals surface area contributed by atoms with E-state index in [1.165, 1.54) is 58.8 Å². The number of hydrogen-bond acceptors (Lipinski definition) is 2. The number of esters is 1. The van der Waals surface area contributed by atoms with Crippen LogP contribution in [-0.4, -0.2) is 24.3 Å². The zero-order chi connectivity index (χ0) is 20.0. The maximum atomic E-state index is 11.6. The Morgan fingerprint density at radius 2 is 1.48 bits per heavy atom. The summed E-state index contributed by atoms with van der Waals surface area (Å²) >= 11 is -2.25. The van der Waals surface area contributed by atoms with Gasteiger partial charge in [0.25, 0.3) is 0 Å². The summed E-state index contributed by atoms with van der Waals surface area (Å²) in [6.45, 7) is 8.44. The molecule has 1 atom stereocenters. The second-order valence-electron chi connectivity index (χ2n) is 7.82. The Morgan fingerprint density at radius 1 is 0.963 bits per heavy atom. The minimum absolute atomic E-state index is 0.160. The van der Waals surface area contributed by atoms with Gasteiger partial charge in [-0.25, -0.2) is 0 Å². The van der Waals surface area contributed by atoms with Crippen molar-refractivity contribution in [2.45, 2.75) is 92.1 Å². The summed E-state index contributed by atoms with van der Waals surface area (Å²) in [6, 6.07) is 10.2. The van der Waals surface area contributed by atoms with Crippen LogP contribution in [0.25, 0.3) is 0 Å². The predicted octanol–water partition coefficient (Wildman–Crippen LogP) is 7.63. The molecule has 0 aliphatic carbocycles. The van der Waals surface area contributed by atoms with Crippen LogP contribution >= 0.6 is 0 Å². The summed E-state index contributed by atoms with van der Waals surface area (Å²) in [5, 5.41) is 0. The average Bonchev–Trinajstić information content (AvgIpc) is 2.68. The molecule has 0 N–H and O–H groups in total. The van der Waals surface area contributed by atoms with Crippen molar-refractivity contribution in [2.24, 2.45) is 0 Å². The van der Waals surface area contributed by atoms with Crippen LogP contribution in [0.3, 0.4) is 0 Å². The Bertz CT molecular complexity index is 517. The fourth-order valence-electron chi connectivity index (χ4n) is 3.77. The number of carbonyl (C=O) groups excluding carboxylic acids is 1. The van der Waals surface area contributed by atoms with Crippen molar-refractivity contribution >= 4 is 24.3 Å². The van der Waals surface area contributed by atoms with E-state index in [1.54, 1.807) is 0 Å². The monoisotopic (exact) mass is 480 g/mol. The molecule has 0 amide bonds. The second-order valence-corrected chi connectivity index (χ2v) is 20.8. The van der Waals surface area contributed by atoms with Crippen LogP contribution in [0, 0.1) is 0 Å². The van der Waals surface area contributed by atoms with Crippen molar-refractivity contribution < 1.29 is 9.53 Å². The van der Waals surface area contributed by atoms with E-state index in [0.717, 1.165) is 12.0 Å². The molecule has 1 rings (SSSR count). The number of carbonyl (C=O) groups is 1. The molecule has 0 fully saturated rings. The third-order valence-corrected chi connectivity index (χ3v) is 19.6. The van der Waals surface area contributed by atoms with Crippen molar-refractivity contribution in [3.05, 3.63) is 46.1 Å². The van der Waals surface area contributed by atoms with Crippen LogP contribution < -0.4 is 0 Å². The molecule has 0 unspecified atom stereocenters. The predicted molar refractivity (Wildman–Crippen MR) is 120 cm³/mol. The molecule has 27 heavy (non-hydrogen) atoms. The molecule has 0 spiro atoms. The molecule has 0 aliphatic rings. The zero-order valence-electron chi connectivity index (χ0n) is 18.0. The molecule has 0 saturated heterocycles. The summed E-state index contributed by atoms with van der Waals surface area (Å²) < 4.78 is 12.7. The van der Waals surface area contributed by atoms with Crippen molar-refractivity contribution in [1.82, 2.24) is 0 Å². The molecular weight excluding hydrogens is 439 g/mol. The number of unbranched alkanes of at least 4 members (excludes halogenated alkanes) is 3. The second kappa shape index (κ2) is 14.3. The first kappa shape index (κ1) is 24.3. The fraction of sp³-hybridized carbons (Fsp3) is 0.625. The molecule has 0 aliphatic heterocycles. The Balaban J connectivity index is 2.93. The molecule has 0 aromatic heterocycles. The molecule has 152 valence electrons. The Hall–Kier alpha value is -0.771. The molecule has 0 bridgehead atoms. The van der Waals surface area contributed by atoms with Crippen molar-refractivity contribution in [1.29, 1.82) is 0 Å². The minimum atomic E-state index is -2.25. The molecule has 2 nitrogen and oxygen atoms in total. The first-order valence-electron chi connectivity index (χ1n) is 11.0. The Kier molecular flexibility index (Phi) is 12.8. The van der Waals surface area contributed by atoms with Gasteiger partial charge in [0, 0.05) is 0 Å². The van der Waals surface area contributed by atoms with Gasteiger partial charge in [0.1, 0.15) is 0 Å². The van der Waals surface area contributed by atoms with Crippen LogP contribution in [0.1, 0.15) is 84.3 Å². The topological polar surface area (TPSA) is 26.3 Å². The van der Waals surface area contributed by atoms with Gasteiger partial charge in [0.2, 0.25) is 0 Å². The number of hydrogen-bond donors (Lipinski definition) is 0. The summed E-state index contributed by atoms with van der Waals surface area (Å²) in [4.78, 5) is 11.6. The normalized spacial score (nSPS) is 13.0. The molecule has 1 aromatic rings. The SMILES string of the molecule is CCC[CH2][Sn](/[CH]=C/C[C@H](OC(C)=O)c1ccccc1)([CH2]CCC)[CH2]CCC. The van der Waals surface area contributed by atoms with E-state index in [4.69, 9.17) is 4.74 Å². The molecule has 0 heterocycles. The summed E-state index contributed by atoms with van der Waals surface area (Å²) in [6.07, 6.45) is 11.0. The number of rotatable bonds is 14. The third-order valence-electron chi connectivity index (χ3n) is 5.39. The molecular formula is C24H40O2Sn. The first-order valence-corrected chi connectivity index (χ1v) is 18.7. The summed E-state index contributed by atoms with van der Waals surface area (Å²) in [7, 11) is 0. The standard InChI is InChI=1S/C12H13O2.3C4H9.Sn/c1-3-7-12(14-10(2)13)11-8-5-4-6-9-11;3*1-3-4-2;/h1,3-6,8-9,12H,7H2,2H3;3*1,3-4H2,2H3;/t12-;;;;/m0..../s1. The van der Waals surface area contributed by atoms with Gasteiger partial charge in [0.15, 0.2) is 0 Å². The quantitative estimate of drug-likeness (QED) is 0.203. The van der Waals surface area contributed by atoms with Gasteiger partial charge >= 0.3 is 172 Å². The van der Waals surface area contributed by atoms with Crippen LogP contribution in [-0.2, 0) is 9.53 Å². The molecule has 1 aromatic carbocycles. The van der Waals surface area contributed by atoms with Gasteiger partial charge in [-0.3, -0.25) is 0 Å². The number of benzene rings is 1. The van der Waals surface area contributed by atoms with Crippen LogP contribution in [0.2, 0.25) is 13.3 Å². The van der Waals surface area contributed by atoms with Crippen molar-refractivity contribution in [2.75, 3.05) is 0 Å². The first-order chi connectivity index (χ1) is 13.1. The van der Waals surface area contributed by atoms with E-state index in [1.807, 2.05) is 18.2 Å². The summed E-state index contributed by atoms with van der Waals surface area (Å²) in [5.74, 6) is -0.199. The van der Waals surface area contributed by atoms with Gasteiger partial charge in [0.05, 0.1) is 0 Å². The summed E-state index contributed by atoms with van der Waals surface area (Å²) in [5.41, 5.74) is 1.09. The van der Waals surface area contributed by atoms with Gasteiger partial charge in [-0.15, -0.1) is 0 Å². The maximum absolute atomic E-state index is 11.6. The van der Waals surface area contributed by atoms with Crippen LogP contribution in [0.5, 0.6) is 0 Å².